The number of amides is 1. The van der Waals surface area contributed by atoms with Crippen LogP contribution in [0.1, 0.15) is 26.5 Å². The van der Waals surface area contributed by atoms with Gasteiger partial charge in [-0.15, -0.1) is 11.3 Å². The molecule has 1 aromatic carbocycles. The summed E-state index contributed by atoms with van der Waals surface area (Å²) in [7, 11) is 0. The number of nitrogens with zero attached hydrogens (tertiary/aromatic N) is 4. The Morgan fingerprint density at radius 3 is 2.64 bits per heavy atom. The maximum atomic E-state index is 13.1. The third kappa shape index (κ3) is 3.32. The Morgan fingerprint density at radius 1 is 1.21 bits per heavy atom. The van der Waals surface area contributed by atoms with E-state index >= 15 is 0 Å². The molecule has 3 heterocycles. The van der Waals surface area contributed by atoms with Gasteiger partial charge in [-0.1, -0.05) is 29.8 Å². The van der Waals surface area contributed by atoms with Crippen LogP contribution in [-0.4, -0.2) is 25.5 Å². The molecule has 0 saturated heterocycles. The van der Waals surface area contributed by atoms with Crippen LogP contribution in [0.5, 0.6) is 0 Å². The van der Waals surface area contributed by atoms with Gasteiger partial charge in [0.2, 0.25) is 5.95 Å². The fraction of sp³-hybridized carbons (Fsp3) is 0.158. The Balaban J connectivity index is 1.81. The summed E-state index contributed by atoms with van der Waals surface area (Å²) < 4.78 is 1.26. The highest BCUT2D eigenvalue weighted by Crippen LogP contribution is 2.20. The van der Waals surface area contributed by atoms with Gasteiger partial charge < -0.3 is 0 Å². The molecule has 28 heavy (non-hydrogen) atoms. The third-order valence-electron chi connectivity index (χ3n) is 4.44. The Morgan fingerprint density at radius 2 is 1.96 bits per heavy atom. The van der Waals surface area contributed by atoms with Crippen molar-refractivity contribution in [2.24, 2.45) is 0 Å². The number of benzene rings is 1. The largest absolute Gasteiger partial charge is 0.277 e. The van der Waals surface area contributed by atoms with Crippen molar-refractivity contribution in [1.29, 1.82) is 0 Å². The Labute approximate surface area is 169 Å². The highest BCUT2D eigenvalue weighted by Gasteiger charge is 2.23. The fourth-order valence-corrected chi connectivity index (χ4v) is 3.56. The first-order valence-electron chi connectivity index (χ1n) is 8.50. The summed E-state index contributed by atoms with van der Waals surface area (Å²) in [6.45, 7) is 3.73. The first kappa shape index (κ1) is 18.4. The van der Waals surface area contributed by atoms with Crippen molar-refractivity contribution in [3.63, 3.8) is 0 Å². The molecule has 3 aromatic heterocycles. The number of aromatic nitrogens is 4. The summed E-state index contributed by atoms with van der Waals surface area (Å²) in [6, 6.07) is 10.8. The van der Waals surface area contributed by atoms with Crippen molar-refractivity contribution in [3.05, 3.63) is 78.9 Å². The third-order valence-corrected chi connectivity index (χ3v) is 5.55. The van der Waals surface area contributed by atoms with Gasteiger partial charge in [0.15, 0.2) is 0 Å². The average molecular weight is 414 g/mol. The van der Waals surface area contributed by atoms with Crippen LogP contribution in [0.15, 0.2) is 46.6 Å². The van der Waals surface area contributed by atoms with Crippen LogP contribution in [0, 0.1) is 13.8 Å². The summed E-state index contributed by atoms with van der Waals surface area (Å²) in [4.78, 5) is 36.4. The first-order chi connectivity index (χ1) is 13.4. The lowest BCUT2D eigenvalue weighted by Crippen LogP contribution is -2.31. The van der Waals surface area contributed by atoms with E-state index in [-0.39, 0.29) is 29.7 Å². The molecule has 0 radical (unpaired) electrons. The first-order valence-corrected chi connectivity index (χ1v) is 9.75. The van der Waals surface area contributed by atoms with E-state index in [2.05, 4.69) is 15.1 Å². The minimum Gasteiger partial charge on any atom is -0.272 e. The second kappa shape index (κ2) is 7.21. The number of hydrogen-bond donors (Lipinski definition) is 1. The van der Waals surface area contributed by atoms with Gasteiger partial charge in [0.1, 0.15) is 0 Å². The SMILES string of the molecule is Cc1nc2nc(N(Cc3ccc(Cl)cc3)C(=O)c3cccs3)[nH]n2c(=O)c1C. The van der Waals surface area contributed by atoms with Crippen LogP contribution in [0.4, 0.5) is 5.95 Å². The zero-order valence-electron chi connectivity index (χ0n) is 15.1. The molecule has 4 aromatic rings. The molecular formula is C19H16ClN5O2S. The number of nitrogens with one attached hydrogen (secondary N) is 1. The summed E-state index contributed by atoms with van der Waals surface area (Å²) in [5.74, 6) is 0.261. The molecular weight excluding hydrogens is 398 g/mol. The molecule has 4 rings (SSSR count). The molecule has 0 atom stereocenters. The number of carbonyl (C=O) groups is 1. The number of rotatable bonds is 4. The molecule has 0 unspecified atom stereocenters. The number of hydrogen-bond acceptors (Lipinski definition) is 5. The van der Waals surface area contributed by atoms with Crippen LogP contribution < -0.4 is 10.5 Å². The van der Waals surface area contributed by atoms with Gasteiger partial charge in [0.25, 0.3) is 17.2 Å². The standard InChI is InChI=1S/C19H16ClN5O2S/c1-11-12(2)21-18-22-19(23-25(18)16(11)26)24(17(27)15-4-3-9-28-15)10-13-5-7-14(20)8-6-13/h3-9H,10H2,1-2H3,(H,21,22,23). The summed E-state index contributed by atoms with van der Waals surface area (Å²) >= 11 is 7.31. The number of halogens is 1. The van der Waals surface area contributed by atoms with Gasteiger partial charge in [0.05, 0.1) is 11.4 Å². The average Bonchev–Trinajstić information content (AvgIpc) is 3.35. The molecule has 0 aliphatic rings. The van der Waals surface area contributed by atoms with Gasteiger partial charge in [-0.25, -0.2) is 4.98 Å². The second-order valence-electron chi connectivity index (χ2n) is 6.31. The number of carbonyl (C=O) groups excluding carboxylic acids is 1. The summed E-state index contributed by atoms with van der Waals surface area (Å²) in [5, 5.41) is 5.38. The maximum absolute atomic E-state index is 13.1. The van der Waals surface area contributed by atoms with Gasteiger partial charge in [-0.3, -0.25) is 19.6 Å². The molecule has 1 N–H and O–H groups in total. The topological polar surface area (TPSA) is 83.4 Å². The van der Waals surface area contributed by atoms with E-state index in [1.807, 2.05) is 23.6 Å². The van der Waals surface area contributed by atoms with Crippen LogP contribution in [0.3, 0.4) is 0 Å². The Kier molecular flexibility index (Phi) is 4.74. The highest BCUT2D eigenvalue weighted by atomic mass is 35.5. The smallest absolute Gasteiger partial charge is 0.272 e. The maximum Gasteiger partial charge on any atom is 0.277 e. The number of aromatic amines is 1. The van der Waals surface area contributed by atoms with Crippen molar-refractivity contribution in [2.75, 3.05) is 4.90 Å². The summed E-state index contributed by atoms with van der Waals surface area (Å²) in [5.41, 5.74) is 1.78. The lowest BCUT2D eigenvalue weighted by Gasteiger charge is -2.19. The van der Waals surface area contributed by atoms with Gasteiger partial charge in [-0.2, -0.15) is 9.50 Å². The number of aryl methyl sites for hydroxylation is 1. The zero-order chi connectivity index (χ0) is 19.8. The number of thiophene rings is 1. The van der Waals surface area contributed by atoms with Crippen molar-refractivity contribution >= 4 is 40.6 Å². The van der Waals surface area contributed by atoms with Gasteiger partial charge >= 0.3 is 0 Å². The molecule has 0 aliphatic heterocycles. The minimum absolute atomic E-state index is 0.217. The fourth-order valence-electron chi connectivity index (χ4n) is 2.76. The van der Waals surface area contributed by atoms with Crippen molar-refractivity contribution in [1.82, 2.24) is 19.6 Å². The van der Waals surface area contributed by atoms with Crippen molar-refractivity contribution in [3.8, 4) is 0 Å². The molecule has 0 aliphatic carbocycles. The molecule has 0 saturated carbocycles. The van der Waals surface area contributed by atoms with Crippen LogP contribution in [0.2, 0.25) is 5.02 Å². The van der Waals surface area contributed by atoms with E-state index in [0.29, 0.717) is 21.2 Å². The van der Waals surface area contributed by atoms with Crippen LogP contribution in [-0.2, 0) is 6.54 Å². The van der Waals surface area contributed by atoms with Crippen LogP contribution in [0.25, 0.3) is 5.78 Å². The molecule has 142 valence electrons. The normalized spacial score (nSPS) is 11.1. The number of anilines is 1. The molecule has 7 nitrogen and oxygen atoms in total. The van der Waals surface area contributed by atoms with E-state index in [0.717, 1.165) is 5.56 Å². The van der Waals surface area contributed by atoms with E-state index in [1.54, 1.807) is 32.0 Å². The van der Waals surface area contributed by atoms with Crippen LogP contribution >= 0.6 is 22.9 Å². The Hall–Kier alpha value is -2.97. The van der Waals surface area contributed by atoms with Crippen molar-refractivity contribution < 1.29 is 4.79 Å². The lowest BCUT2D eigenvalue weighted by molar-refractivity contribution is 0.0987. The molecule has 0 fully saturated rings. The number of H-pyrrole nitrogens is 1. The van der Waals surface area contributed by atoms with E-state index in [9.17, 15) is 9.59 Å². The second-order valence-corrected chi connectivity index (χ2v) is 7.69. The molecule has 0 spiro atoms. The minimum atomic E-state index is -0.240. The molecule has 0 bridgehead atoms. The zero-order valence-corrected chi connectivity index (χ0v) is 16.7. The quantitative estimate of drug-likeness (QED) is 0.554. The van der Waals surface area contributed by atoms with Gasteiger partial charge in [0, 0.05) is 16.3 Å². The molecule has 1 amide bonds. The van der Waals surface area contributed by atoms with E-state index in [1.165, 1.54) is 20.8 Å². The predicted molar refractivity (Wildman–Crippen MR) is 109 cm³/mol. The molecule has 9 heteroatoms. The van der Waals surface area contributed by atoms with E-state index < -0.39 is 0 Å². The summed E-state index contributed by atoms with van der Waals surface area (Å²) in [6.07, 6.45) is 0. The van der Waals surface area contributed by atoms with E-state index in [4.69, 9.17) is 11.6 Å². The highest BCUT2D eigenvalue weighted by molar-refractivity contribution is 7.12. The lowest BCUT2D eigenvalue weighted by atomic mass is 10.2. The monoisotopic (exact) mass is 413 g/mol. The van der Waals surface area contributed by atoms with Crippen molar-refractivity contribution in [2.45, 2.75) is 20.4 Å². The Bertz CT molecular complexity index is 1210. The van der Waals surface area contributed by atoms with Gasteiger partial charge in [-0.05, 0) is 43.0 Å². The number of fused-ring (bicyclic) bond motifs is 1. The predicted octanol–water partition coefficient (Wildman–Crippen LogP) is 3.60.